The summed E-state index contributed by atoms with van der Waals surface area (Å²) in [6.07, 6.45) is 4.74. The summed E-state index contributed by atoms with van der Waals surface area (Å²) in [6, 6.07) is 4.23. The number of amides is 1. The standard InChI is InChI=1S/C19H23F3N4O/c20-19(21,22)15-4-6-16(7-5-15)24-18(27)17(26-10-2-1-3-11-26)8-12-25-13-9-23-14-25/h4-7,9,13-14,17H,1-3,8,10-12H2,(H,24,27). The van der Waals surface area contributed by atoms with E-state index in [0.29, 0.717) is 18.7 Å². The number of carbonyl (C=O) groups excluding carboxylic acids is 1. The van der Waals surface area contributed by atoms with Crippen molar-refractivity contribution in [2.24, 2.45) is 0 Å². The lowest BCUT2D eigenvalue weighted by molar-refractivity contribution is -0.137. The lowest BCUT2D eigenvalue weighted by Gasteiger charge is -2.33. The van der Waals surface area contributed by atoms with Gasteiger partial charge in [-0.05, 0) is 56.6 Å². The van der Waals surface area contributed by atoms with Gasteiger partial charge in [-0.25, -0.2) is 4.98 Å². The molecule has 0 bridgehead atoms. The molecule has 1 amide bonds. The van der Waals surface area contributed by atoms with Crippen molar-refractivity contribution in [3.05, 3.63) is 48.5 Å². The number of carbonyl (C=O) groups is 1. The Hall–Kier alpha value is -2.35. The Morgan fingerprint density at radius 2 is 1.85 bits per heavy atom. The number of imidazole rings is 1. The molecular weight excluding hydrogens is 357 g/mol. The van der Waals surface area contributed by atoms with Crippen LogP contribution in [0.2, 0.25) is 0 Å². The van der Waals surface area contributed by atoms with E-state index in [9.17, 15) is 18.0 Å². The van der Waals surface area contributed by atoms with Gasteiger partial charge in [0.2, 0.25) is 5.91 Å². The van der Waals surface area contributed by atoms with Crippen molar-refractivity contribution in [2.75, 3.05) is 18.4 Å². The number of anilines is 1. The maximum absolute atomic E-state index is 12.9. The van der Waals surface area contributed by atoms with Crippen LogP contribution in [0.25, 0.3) is 0 Å². The highest BCUT2D eigenvalue weighted by Gasteiger charge is 2.30. The number of nitrogens with zero attached hydrogens (tertiary/aromatic N) is 3. The van der Waals surface area contributed by atoms with Crippen molar-refractivity contribution in [2.45, 2.75) is 44.4 Å². The Bertz CT molecular complexity index is 722. The molecule has 2 aromatic rings. The zero-order valence-corrected chi connectivity index (χ0v) is 15.0. The number of halogens is 3. The molecular formula is C19H23F3N4O. The molecule has 1 N–H and O–H groups in total. The van der Waals surface area contributed by atoms with E-state index in [-0.39, 0.29) is 11.9 Å². The van der Waals surface area contributed by atoms with Crippen molar-refractivity contribution in [3.8, 4) is 0 Å². The molecule has 1 aliphatic heterocycles. The van der Waals surface area contributed by atoms with E-state index < -0.39 is 11.7 Å². The highest BCUT2D eigenvalue weighted by atomic mass is 19.4. The molecule has 0 radical (unpaired) electrons. The van der Waals surface area contributed by atoms with Crippen LogP contribution < -0.4 is 5.32 Å². The Morgan fingerprint density at radius 1 is 1.15 bits per heavy atom. The van der Waals surface area contributed by atoms with Gasteiger partial charge in [0, 0.05) is 24.6 Å². The number of likely N-dealkylation sites (tertiary alicyclic amines) is 1. The fourth-order valence-electron chi connectivity index (χ4n) is 3.37. The van der Waals surface area contributed by atoms with Gasteiger partial charge in [-0.3, -0.25) is 9.69 Å². The first-order valence-electron chi connectivity index (χ1n) is 9.11. The molecule has 1 fully saturated rings. The van der Waals surface area contributed by atoms with Gasteiger partial charge in [-0.15, -0.1) is 0 Å². The fraction of sp³-hybridized carbons (Fsp3) is 0.474. The normalized spacial score (nSPS) is 16.9. The number of aromatic nitrogens is 2. The van der Waals surface area contributed by atoms with Crippen LogP contribution in [0.1, 0.15) is 31.2 Å². The average Bonchev–Trinajstić information content (AvgIpc) is 3.16. The topological polar surface area (TPSA) is 50.2 Å². The molecule has 0 saturated carbocycles. The van der Waals surface area contributed by atoms with E-state index in [1.807, 2.05) is 10.8 Å². The molecule has 5 nitrogen and oxygen atoms in total. The van der Waals surface area contributed by atoms with Crippen molar-refractivity contribution in [1.82, 2.24) is 14.5 Å². The van der Waals surface area contributed by atoms with E-state index in [1.54, 1.807) is 12.5 Å². The number of piperidine rings is 1. The Labute approximate surface area is 156 Å². The minimum absolute atomic E-state index is 0.184. The molecule has 1 saturated heterocycles. The molecule has 2 heterocycles. The molecule has 1 aromatic carbocycles. The van der Waals surface area contributed by atoms with Crippen LogP contribution in [0.3, 0.4) is 0 Å². The first-order chi connectivity index (χ1) is 12.9. The second kappa shape index (κ2) is 8.56. The summed E-state index contributed by atoms with van der Waals surface area (Å²) in [5.41, 5.74) is -0.356. The van der Waals surface area contributed by atoms with Crippen LogP contribution in [0.15, 0.2) is 43.0 Å². The smallest absolute Gasteiger partial charge is 0.337 e. The molecule has 27 heavy (non-hydrogen) atoms. The maximum atomic E-state index is 12.9. The fourth-order valence-corrected chi connectivity index (χ4v) is 3.37. The SMILES string of the molecule is O=C(Nc1ccc(C(F)(F)F)cc1)C(CCn1ccnc1)N1CCCCC1. The first-order valence-corrected chi connectivity index (χ1v) is 9.11. The number of benzene rings is 1. The van der Waals surface area contributed by atoms with Crippen molar-refractivity contribution >= 4 is 11.6 Å². The lowest BCUT2D eigenvalue weighted by atomic mass is 10.0. The molecule has 3 rings (SSSR count). The van der Waals surface area contributed by atoms with Gasteiger partial charge in [0.25, 0.3) is 0 Å². The van der Waals surface area contributed by atoms with Gasteiger partial charge in [-0.2, -0.15) is 13.2 Å². The molecule has 1 aromatic heterocycles. The third-order valence-corrected chi connectivity index (χ3v) is 4.83. The van der Waals surface area contributed by atoms with Gasteiger partial charge < -0.3 is 9.88 Å². The van der Waals surface area contributed by atoms with E-state index in [2.05, 4.69) is 15.2 Å². The van der Waals surface area contributed by atoms with E-state index in [1.165, 1.54) is 12.1 Å². The predicted octanol–water partition coefficient (Wildman–Crippen LogP) is 3.79. The summed E-state index contributed by atoms with van der Waals surface area (Å²) in [4.78, 5) is 19.0. The lowest BCUT2D eigenvalue weighted by Crippen LogP contribution is -2.47. The number of hydrogen-bond acceptors (Lipinski definition) is 3. The van der Waals surface area contributed by atoms with Crippen molar-refractivity contribution in [3.63, 3.8) is 0 Å². The van der Waals surface area contributed by atoms with Gasteiger partial charge in [0.05, 0.1) is 17.9 Å². The van der Waals surface area contributed by atoms with E-state index in [4.69, 9.17) is 0 Å². The zero-order valence-electron chi connectivity index (χ0n) is 15.0. The van der Waals surface area contributed by atoms with Gasteiger partial charge in [0.1, 0.15) is 0 Å². The first kappa shape index (κ1) is 19.4. The van der Waals surface area contributed by atoms with E-state index in [0.717, 1.165) is 44.5 Å². The summed E-state index contributed by atoms with van der Waals surface area (Å²) in [6.45, 7) is 2.37. The molecule has 0 aliphatic carbocycles. The minimum Gasteiger partial charge on any atom is -0.337 e. The van der Waals surface area contributed by atoms with Crippen LogP contribution in [0.4, 0.5) is 18.9 Å². The predicted molar refractivity (Wildman–Crippen MR) is 96.1 cm³/mol. The monoisotopic (exact) mass is 380 g/mol. The summed E-state index contributed by atoms with van der Waals surface area (Å²) in [5.74, 6) is -0.184. The van der Waals surface area contributed by atoms with Gasteiger partial charge in [0.15, 0.2) is 0 Å². The summed E-state index contributed by atoms with van der Waals surface area (Å²) in [7, 11) is 0. The second-order valence-electron chi connectivity index (χ2n) is 6.77. The van der Waals surface area contributed by atoms with E-state index >= 15 is 0 Å². The molecule has 1 aliphatic rings. The Morgan fingerprint density at radius 3 is 2.44 bits per heavy atom. The van der Waals surface area contributed by atoms with Gasteiger partial charge >= 0.3 is 6.18 Å². The van der Waals surface area contributed by atoms with Crippen LogP contribution in [0, 0.1) is 0 Å². The molecule has 8 heteroatoms. The van der Waals surface area contributed by atoms with Crippen LogP contribution in [0.5, 0.6) is 0 Å². The molecule has 1 atom stereocenters. The Kier molecular flexibility index (Phi) is 6.15. The Balaban J connectivity index is 1.67. The second-order valence-corrected chi connectivity index (χ2v) is 6.77. The number of alkyl halides is 3. The number of aryl methyl sites for hydroxylation is 1. The van der Waals surface area contributed by atoms with Crippen LogP contribution in [-0.4, -0.2) is 39.5 Å². The van der Waals surface area contributed by atoms with Gasteiger partial charge in [-0.1, -0.05) is 6.42 Å². The maximum Gasteiger partial charge on any atom is 0.416 e. The largest absolute Gasteiger partial charge is 0.416 e. The number of nitrogens with one attached hydrogen (secondary N) is 1. The number of hydrogen-bond donors (Lipinski definition) is 1. The quantitative estimate of drug-likeness (QED) is 0.830. The average molecular weight is 380 g/mol. The minimum atomic E-state index is -4.39. The van der Waals surface area contributed by atoms with Crippen LogP contribution >= 0.6 is 0 Å². The highest BCUT2D eigenvalue weighted by molar-refractivity contribution is 5.94. The van der Waals surface area contributed by atoms with Crippen molar-refractivity contribution in [1.29, 1.82) is 0 Å². The molecule has 1 unspecified atom stereocenters. The summed E-state index contributed by atoms with van der Waals surface area (Å²) in [5, 5.41) is 2.78. The van der Waals surface area contributed by atoms with Crippen molar-refractivity contribution < 1.29 is 18.0 Å². The third kappa shape index (κ3) is 5.32. The molecule has 0 spiro atoms. The molecule has 146 valence electrons. The summed E-state index contributed by atoms with van der Waals surface area (Å²) < 4.78 is 40.0. The summed E-state index contributed by atoms with van der Waals surface area (Å²) >= 11 is 0. The number of rotatable bonds is 6. The zero-order chi connectivity index (χ0) is 19.3. The van der Waals surface area contributed by atoms with Crippen LogP contribution in [-0.2, 0) is 17.5 Å². The third-order valence-electron chi connectivity index (χ3n) is 4.83. The highest BCUT2D eigenvalue weighted by Crippen LogP contribution is 2.30.